The summed E-state index contributed by atoms with van der Waals surface area (Å²) in [6.45, 7) is 1.72. The Morgan fingerprint density at radius 1 is 1.10 bits per heavy atom. The summed E-state index contributed by atoms with van der Waals surface area (Å²) in [5, 5.41) is 2.82. The molecule has 0 saturated carbocycles. The van der Waals surface area contributed by atoms with Gasteiger partial charge in [-0.25, -0.2) is 4.99 Å². The Bertz CT molecular complexity index is 784. The number of halogens is 4. The van der Waals surface area contributed by atoms with Gasteiger partial charge >= 0.3 is 6.36 Å². The van der Waals surface area contributed by atoms with Crippen LogP contribution in [0, 0.1) is 0 Å². The summed E-state index contributed by atoms with van der Waals surface area (Å²) in [6, 6.07) is 12.8. The van der Waals surface area contributed by atoms with Gasteiger partial charge < -0.3 is 25.4 Å². The Morgan fingerprint density at radius 2 is 1.79 bits per heavy atom. The average Bonchev–Trinajstić information content (AvgIpc) is 2.60. The number of aliphatic imine (C=N–C) groups is 1. The standard InChI is InChI=1S/C19H23F3N4O2.HI/c1-26(2)10-11-27-17-5-3-4-14(12-17)13-24-18(23)25-15-6-8-16(9-7-15)28-19(20,21)22;/h3-9,12H,10-11,13H2,1-2H3,(H3,23,24,25);1H. The second kappa shape index (κ2) is 11.7. The summed E-state index contributed by atoms with van der Waals surface area (Å²) >= 11 is 0. The van der Waals surface area contributed by atoms with Crippen LogP contribution < -0.4 is 20.5 Å². The number of alkyl halides is 3. The molecule has 0 spiro atoms. The highest BCUT2D eigenvalue weighted by atomic mass is 127. The number of rotatable bonds is 8. The first-order valence-electron chi connectivity index (χ1n) is 8.50. The molecule has 6 nitrogen and oxygen atoms in total. The Morgan fingerprint density at radius 3 is 2.41 bits per heavy atom. The highest BCUT2D eigenvalue weighted by molar-refractivity contribution is 14.0. The predicted octanol–water partition coefficient (Wildman–Crippen LogP) is 4.07. The van der Waals surface area contributed by atoms with Crippen LogP contribution in [0.1, 0.15) is 5.56 Å². The molecule has 0 fully saturated rings. The molecule has 0 radical (unpaired) electrons. The Kier molecular flexibility index (Phi) is 10.0. The quantitative estimate of drug-likeness (QED) is 0.310. The van der Waals surface area contributed by atoms with Crippen LogP contribution in [0.5, 0.6) is 11.5 Å². The molecule has 0 aliphatic carbocycles. The Hall–Kier alpha value is -2.21. The zero-order valence-electron chi connectivity index (χ0n) is 16.1. The maximum Gasteiger partial charge on any atom is 0.573 e. The fraction of sp³-hybridized carbons (Fsp3) is 0.316. The second-order valence-electron chi connectivity index (χ2n) is 6.20. The molecule has 0 aromatic heterocycles. The average molecular weight is 524 g/mol. The molecule has 160 valence electrons. The molecule has 0 unspecified atom stereocenters. The van der Waals surface area contributed by atoms with Crippen LogP contribution in [0.25, 0.3) is 0 Å². The molecule has 0 aliphatic rings. The number of nitrogens with two attached hydrogens (primary N) is 1. The number of hydrogen-bond acceptors (Lipinski definition) is 4. The third kappa shape index (κ3) is 10.2. The van der Waals surface area contributed by atoms with Crippen LogP contribution in [0.2, 0.25) is 0 Å². The second-order valence-corrected chi connectivity index (χ2v) is 6.20. The van der Waals surface area contributed by atoms with E-state index in [1.54, 1.807) is 0 Å². The predicted molar refractivity (Wildman–Crippen MR) is 118 cm³/mol. The van der Waals surface area contributed by atoms with Crippen LogP contribution in [0.3, 0.4) is 0 Å². The smallest absolute Gasteiger partial charge is 0.492 e. The lowest BCUT2D eigenvalue weighted by atomic mass is 10.2. The van der Waals surface area contributed by atoms with E-state index in [1.807, 2.05) is 43.3 Å². The van der Waals surface area contributed by atoms with Crippen molar-refractivity contribution in [2.24, 2.45) is 10.7 Å². The molecule has 0 bridgehead atoms. The number of ether oxygens (including phenoxy) is 2. The number of guanidine groups is 1. The van der Waals surface area contributed by atoms with Gasteiger partial charge in [0.15, 0.2) is 5.96 Å². The molecule has 2 rings (SSSR count). The third-order valence-electron chi connectivity index (χ3n) is 3.50. The molecule has 3 N–H and O–H groups in total. The van der Waals surface area contributed by atoms with E-state index in [-0.39, 0.29) is 35.7 Å². The van der Waals surface area contributed by atoms with Gasteiger partial charge in [0.05, 0.1) is 6.54 Å². The van der Waals surface area contributed by atoms with Gasteiger partial charge in [-0.1, -0.05) is 12.1 Å². The van der Waals surface area contributed by atoms with Crippen molar-refractivity contribution in [3.63, 3.8) is 0 Å². The maximum atomic E-state index is 12.2. The van der Waals surface area contributed by atoms with Crippen molar-refractivity contribution in [1.82, 2.24) is 4.90 Å². The lowest BCUT2D eigenvalue weighted by molar-refractivity contribution is -0.274. The first-order valence-corrected chi connectivity index (χ1v) is 8.50. The van der Waals surface area contributed by atoms with Crippen molar-refractivity contribution >= 4 is 35.6 Å². The van der Waals surface area contributed by atoms with Gasteiger partial charge in [-0.05, 0) is 56.1 Å². The summed E-state index contributed by atoms with van der Waals surface area (Å²) in [4.78, 5) is 6.26. The summed E-state index contributed by atoms with van der Waals surface area (Å²) in [5.41, 5.74) is 7.25. The molecule has 0 amide bonds. The van der Waals surface area contributed by atoms with E-state index in [2.05, 4.69) is 15.0 Å². The van der Waals surface area contributed by atoms with E-state index >= 15 is 0 Å². The zero-order valence-corrected chi connectivity index (χ0v) is 18.4. The van der Waals surface area contributed by atoms with Gasteiger partial charge in [-0.2, -0.15) is 0 Å². The van der Waals surface area contributed by atoms with Crippen LogP contribution in [0.15, 0.2) is 53.5 Å². The summed E-state index contributed by atoms with van der Waals surface area (Å²) < 4.78 is 46.0. The molecule has 0 heterocycles. The molecular weight excluding hydrogens is 500 g/mol. The molecule has 29 heavy (non-hydrogen) atoms. The fourth-order valence-corrected chi connectivity index (χ4v) is 2.18. The minimum absolute atomic E-state index is 0. The van der Waals surface area contributed by atoms with Gasteiger partial charge in [-0.15, -0.1) is 37.1 Å². The van der Waals surface area contributed by atoms with E-state index in [0.717, 1.165) is 17.9 Å². The van der Waals surface area contributed by atoms with Crippen LogP contribution in [0.4, 0.5) is 18.9 Å². The van der Waals surface area contributed by atoms with Crippen molar-refractivity contribution in [2.75, 3.05) is 32.6 Å². The lowest BCUT2D eigenvalue weighted by Gasteiger charge is -2.11. The third-order valence-corrected chi connectivity index (χ3v) is 3.50. The van der Waals surface area contributed by atoms with Crippen molar-refractivity contribution < 1.29 is 22.6 Å². The van der Waals surface area contributed by atoms with Gasteiger partial charge in [-0.3, -0.25) is 0 Å². The fourth-order valence-electron chi connectivity index (χ4n) is 2.18. The lowest BCUT2D eigenvalue weighted by Crippen LogP contribution is -2.22. The number of nitrogens with one attached hydrogen (secondary N) is 1. The minimum Gasteiger partial charge on any atom is -0.492 e. The first-order chi connectivity index (χ1) is 13.2. The number of anilines is 1. The minimum atomic E-state index is -4.72. The normalized spacial score (nSPS) is 11.7. The van der Waals surface area contributed by atoms with Crippen molar-refractivity contribution in [1.29, 1.82) is 0 Å². The van der Waals surface area contributed by atoms with E-state index in [4.69, 9.17) is 10.5 Å². The molecule has 0 saturated heterocycles. The van der Waals surface area contributed by atoms with Gasteiger partial charge in [0.2, 0.25) is 0 Å². The summed E-state index contributed by atoms with van der Waals surface area (Å²) in [7, 11) is 3.95. The van der Waals surface area contributed by atoms with Crippen LogP contribution in [-0.2, 0) is 6.54 Å². The zero-order chi connectivity index (χ0) is 20.6. The largest absolute Gasteiger partial charge is 0.573 e. The molecule has 0 aliphatic heterocycles. The van der Waals surface area contributed by atoms with Crippen molar-refractivity contribution in [3.8, 4) is 11.5 Å². The van der Waals surface area contributed by atoms with E-state index in [9.17, 15) is 13.2 Å². The number of likely N-dealkylation sites (N-methyl/N-ethyl adjacent to an activating group) is 1. The summed E-state index contributed by atoms with van der Waals surface area (Å²) in [5.74, 6) is 0.587. The van der Waals surface area contributed by atoms with E-state index < -0.39 is 6.36 Å². The van der Waals surface area contributed by atoms with E-state index in [0.29, 0.717) is 18.8 Å². The summed E-state index contributed by atoms with van der Waals surface area (Å²) in [6.07, 6.45) is -4.72. The molecule has 2 aromatic rings. The van der Waals surface area contributed by atoms with E-state index in [1.165, 1.54) is 24.3 Å². The van der Waals surface area contributed by atoms with Gasteiger partial charge in [0.25, 0.3) is 0 Å². The molecule has 2 aromatic carbocycles. The number of nitrogens with zero attached hydrogens (tertiary/aromatic N) is 2. The SMILES string of the molecule is CN(C)CCOc1cccc(CN=C(N)Nc2ccc(OC(F)(F)F)cc2)c1.I. The van der Waals surface area contributed by atoms with Crippen molar-refractivity contribution in [3.05, 3.63) is 54.1 Å². The molecule has 0 atom stereocenters. The highest BCUT2D eigenvalue weighted by Gasteiger charge is 2.30. The monoisotopic (exact) mass is 524 g/mol. The van der Waals surface area contributed by atoms with Gasteiger partial charge in [0.1, 0.15) is 18.1 Å². The van der Waals surface area contributed by atoms with Crippen molar-refractivity contribution in [2.45, 2.75) is 12.9 Å². The Labute approximate surface area is 184 Å². The Balaban J connectivity index is 0.00000420. The van der Waals surface area contributed by atoms with Gasteiger partial charge in [0, 0.05) is 12.2 Å². The van der Waals surface area contributed by atoms with Crippen LogP contribution in [-0.4, -0.2) is 44.5 Å². The molecule has 10 heteroatoms. The highest BCUT2D eigenvalue weighted by Crippen LogP contribution is 2.23. The number of hydrogen-bond donors (Lipinski definition) is 2. The topological polar surface area (TPSA) is 72.1 Å². The number of benzene rings is 2. The first kappa shape index (κ1) is 24.8. The maximum absolute atomic E-state index is 12.2. The molecular formula is C19H24F3IN4O2. The van der Waals surface area contributed by atoms with Crippen LogP contribution >= 0.6 is 24.0 Å².